The fourth-order valence-corrected chi connectivity index (χ4v) is 4.82. The number of benzene rings is 3. The number of carbonyl (C=O) groups excluding carboxylic acids is 2. The molecule has 0 bridgehead atoms. The zero-order chi connectivity index (χ0) is 22.7. The number of hydrogen-bond donors (Lipinski definition) is 0. The lowest BCUT2D eigenvalue weighted by atomic mass is 10.1. The number of hydrogen-bond acceptors (Lipinski definition) is 5. The second-order valence-corrected chi connectivity index (χ2v) is 9.05. The molecule has 32 heavy (non-hydrogen) atoms. The molecular weight excluding hydrogens is 467 g/mol. The van der Waals surface area contributed by atoms with Crippen molar-refractivity contribution in [1.29, 1.82) is 5.26 Å². The van der Waals surface area contributed by atoms with E-state index in [0.29, 0.717) is 33.5 Å². The molecule has 1 aliphatic heterocycles. The Balaban J connectivity index is 1.44. The van der Waals surface area contributed by atoms with Gasteiger partial charge in [-0.05, 0) is 48.4 Å². The highest BCUT2D eigenvalue weighted by Crippen LogP contribution is 2.35. The van der Waals surface area contributed by atoms with Gasteiger partial charge in [0.05, 0.1) is 27.6 Å². The molecule has 0 saturated carbocycles. The summed E-state index contributed by atoms with van der Waals surface area (Å²) in [5.41, 5.74) is 2.59. The fraction of sp³-hybridized carbons (Fsp3) is 0.125. The molecule has 1 saturated heterocycles. The molecule has 1 aliphatic rings. The van der Waals surface area contributed by atoms with E-state index >= 15 is 0 Å². The topological polar surface area (TPSA) is 70.4 Å². The van der Waals surface area contributed by atoms with Crippen molar-refractivity contribution in [2.45, 2.75) is 18.3 Å². The minimum Gasteiger partial charge on any atom is -0.487 e. The van der Waals surface area contributed by atoms with Gasteiger partial charge in [0.25, 0.3) is 5.24 Å². The molecule has 0 N–H and O–H groups in total. The predicted octanol–water partition coefficient (Wildman–Crippen LogP) is 6.26. The van der Waals surface area contributed by atoms with E-state index in [2.05, 4.69) is 6.07 Å². The van der Waals surface area contributed by atoms with Gasteiger partial charge in [-0.15, -0.1) is 0 Å². The fourth-order valence-electron chi connectivity index (χ4n) is 3.35. The van der Waals surface area contributed by atoms with Gasteiger partial charge in [-0.25, -0.2) is 4.90 Å². The third kappa shape index (κ3) is 4.76. The largest absolute Gasteiger partial charge is 0.487 e. The number of ether oxygens (including phenoxy) is 1. The van der Waals surface area contributed by atoms with Gasteiger partial charge in [0.2, 0.25) is 5.91 Å². The molecule has 8 heteroatoms. The van der Waals surface area contributed by atoms with Crippen LogP contribution in [0, 0.1) is 11.3 Å². The Morgan fingerprint density at radius 1 is 1.03 bits per heavy atom. The second kappa shape index (κ2) is 9.66. The zero-order valence-electron chi connectivity index (χ0n) is 16.6. The molecule has 1 fully saturated rings. The Bertz CT molecular complexity index is 1240. The van der Waals surface area contributed by atoms with Crippen molar-refractivity contribution >= 4 is 51.8 Å². The van der Waals surface area contributed by atoms with Gasteiger partial charge in [-0.3, -0.25) is 9.59 Å². The summed E-state index contributed by atoms with van der Waals surface area (Å²) < 4.78 is 5.78. The summed E-state index contributed by atoms with van der Waals surface area (Å²) in [7, 11) is 0. The van der Waals surface area contributed by atoms with E-state index in [4.69, 9.17) is 27.9 Å². The van der Waals surface area contributed by atoms with Crippen molar-refractivity contribution in [2.75, 3.05) is 4.90 Å². The van der Waals surface area contributed by atoms with Crippen LogP contribution in [0.2, 0.25) is 10.0 Å². The molecule has 4 rings (SSSR count). The molecule has 2 amide bonds. The number of halogens is 2. The Morgan fingerprint density at radius 2 is 1.84 bits per heavy atom. The van der Waals surface area contributed by atoms with Crippen molar-refractivity contribution in [3.63, 3.8) is 0 Å². The highest BCUT2D eigenvalue weighted by molar-refractivity contribution is 8.15. The number of thioether (sulfide) groups is 1. The highest BCUT2D eigenvalue weighted by atomic mass is 35.5. The molecule has 0 unspecified atom stereocenters. The Morgan fingerprint density at radius 3 is 2.59 bits per heavy atom. The molecule has 3 aromatic rings. The number of rotatable bonds is 6. The molecule has 5 nitrogen and oxygen atoms in total. The molecule has 0 aliphatic carbocycles. The van der Waals surface area contributed by atoms with Crippen LogP contribution < -0.4 is 9.64 Å². The molecule has 1 heterocycles. The number of amides is 2. The zero-order valence-corrected chi connectivity index (χ0v) is 19.0. The van der Waals surface area contributed by atoms with Crippen LogP contribution >= 0.6 is 35.0 Å². The molecule has 1 atom stereocenters. The van der Waals surface area contributed by atoms with Gasteiger partial charge in [-0.2, -0.15) is 5.26 Å². The first-order valence-corrected chi connectivity index (χ1v) is 11.3. The summed E-state index contributed by atoms with van der Waals surface area (Å²) in [6.07, 6.45) is 0.351. The second-order valence-electron chi connectivity index (χ2n) is 7.05. The van der Waals surface area contributed by atoms with Gasteiger partial charge >= 0.3 is 0 Å². The summed E-state index contributed by atoms with van der Waals surface area (Å²) in [6, 6.07) is 21.3. The maximum Gasteiger partial charge on any atom is 0.293 e. The lowest BCUT2D eigenvalue weighted by Gasteiger charge is -2.14. The van der Waals surface area contributed by atoms with Crippen molar-refractivity contribution in [3.05, 3.63) is 93.5 Å². The van der Waals surface area contributed by atoms with Crippen LogP contribution in [-0.2, 0) is 17.8 Å². The van der Waals surface area contributed by atoms with Crippen molar-refractivity contribution in [3.8, 4) is 11.8 Å². The molecule has 0 spiro atoms. The molecule has 160 valence electrons. The number of nitriles is 1. The van der Waals surface area contributed by atoms with Crippen molar-refractivity contribution < 1.29 is 14.3 Å². The van der Waals surface area contributed by atoms with Crippen LogP contribution in [0.4, 0.5) is 10.5 Å². The van der Waals surface area contributed by atoms with Crippen LogP contribution in [0.25, 0.3) is 0 Å². The average molecular weight is 483 g/mol. The van der Waals surface area contributed by atoms with Crippen LogP contribution in [0.3, 0.4) is 0 Å². The van der Waals surface area contributed by atoms with Crippen molar-refractivity contribution in [2.24, 2.45) is 0 Å². The van der Waals surface area contributed by atoms with E-state index in [1.807, 2.05) is 18.2 Å². The molecule has 0 aromatic heterocycles. The SMILES string of the molecule is N#Cc1ccccc1COc1ccc(C[C@@H]2SC(=O)N(c3cccc(Cl)c3)C2=O)cc1Cl. The first-order valence-electron chi connectivity index (χ1n) is 9.65. The van der Waals surface area contributed by atoms with Crippen LogP contribution in [-0.4, -0.2) is 16.4 Å². The maximum atomic E-state index is 12.9. The normalized spacial score (nSPS) is 15.7. The summed E-state index contributed by atoms with van der Waals surface area (Å²) >= 11 is 13.4. The smallest absolute Gasteiger partial charge is 0.293 e. The molecule has 0 radical (unpaired) electrons. The maximum absolute atomic E-state index is 12.9. The van der Waals surface area contributed by atoms with Crippen LogP contribution in [0.15, 0.2) is 66.7 Å². The van der Waals surface area contributed by atoms with Gasteiger partial charge in [-0.1, -0.05) is 65.3 Å². The van der Waals surface area contributed by atoms with E-state index in [1.54, 1.807) is 48.5 Å². The summed E-state index contributed by atoms with van der Waals surface area (Å²) in [4.78, 5) is 26.5. The minimum absolute atomic E-state index is 0.211. The lowest BCUT2D eigenvalue weighted by molar-refractivity contribution is -0.117. The van der Waals surface area contributed by atoms with Gasteiger partial charge in [0, 0.05) is 10.6 Å². The standard InChI is InChI=1S/C24H16Cl2N2O3S/c25-18-6-3-7-19(12-18)28-23(29)22(32-24(28)30)11-15-8-9-21(20(26)10-15)31-14-17-5-2-1-4-16(17)13-27/h1-10,12,22H,11,14H2/t22-/m0/s1. The van der Waals surface area contributed by atoms with E-state index < -0.39 is 5.25 Å². The third-order valence-electron chi connectivity index (χ3n) is 4.93. The van der Waals surface area contributed by atoms with Gasteiger partial charge in [0.15, 0.2) is 0 Å². The van der Waals surface area contributed by atoms with E-state index in [9.17, 15) is 14.9 Å². The number of nitrogens with zero attached hydrogens (tertiary/aromatic N) is 2. The van der Waals surface area contributed by atoms with Gasteiger partial charge < -0.3 is 4.74 Å². The van der Waals surface area contributed by atoms with Crippen LogP contribution in [0.5, 0.6) is 5.75 Å². The Labute approximate surface area is 199 Å². The molecule has 3 aromatic carbocycles. The quantitative estimate of drug-likeness (QED) is 0.414. The van der Waals surface area contributed by atoms with E-state index in [-0.39, 0.29) is 17.8 Å². The summed E-state index contributed by atoms with van der Waals surface area (Å²) in [5.74, 6) is 0.192. The van der Waals surface area contributed by atoms with Crippen LogP contribution in [0.1, 0.15) is 16.7 Å². The Hall–Kier alpha value is -2.98. The van der Waals surface area contributed by atoms with E-state index in [1.165, 1.54) is 0 Å². The average Bonchev–Trinajstić information content (AvgIpc) is 3.06. The highest BCUT2D eigenvalue weighted by Gasteiger charge is 2.40. The van der Waals surface area contributed by atoms with Gasteiger partial charge in [0.1, 0.15) is 12.4 Å². The van der Waals surface area contributed by atoms with Crippen molar-refractivity contribution in [1.82, 2.24) is 0 Å². The van der Waals surface area contributed by atoms with E-state index in [0.717, 1.165) is 27.8 Å². The Kier molecular flexibility index (Phi) is 6.71. The summed E-state index contributed by atoms with van der Waals surface area (Å²) in [6.45, 7) is 0.211. The lowest BCUT2D eigenvalue weighted by Crippen LogP contribution is -2.32. The molecular formula is C24H16Cl2N2O3S. The number of carbonyl (C=O) groups is 2. The number of imide groups is 1. The third-order valence-corrected chi connectivity index (χ3v) is 6.49. The monoisotopic (exact) mass is 482 g/mol. The summed E-state index contributed by atoms with van der Waals surface area (Å²) in [5, 5.41) is 9.16. The predicted molar refractivity (Wildman–Crippen MR) is 126 cm³/mol. The first-order chi connectivity index (χ1) is 15.5. The first kappa shape index (κ1) is 22.2. The number of anilines is 1. The minimum atomic E-state index is -0.549.